The number of esters is 1. The molecule has 0 saturated heterocycles. The summed E-state index contributed by atoms with van der Waals surface area (Å²) in [5.74, 6) is 5.19. The Bertz CT molecular complexity index is 473. The third kappa shape index (κ3) is 4.15. The van der Waals surface area contributed by atoms with Crippen LogP contribution in [0.5, 0.6) is 0 Å². The van der Waals surface area contributed by atoms with Gasteiger partial charge in [0.15, 0.2) is 0 Å². The highest BCUT2D eigenvalue weighted by molar-refractivity contribution is 5.71. The van der Waals surface area contributed by atoms with Gasteiger partial charge in [-0.25, -0.2) is 0 Å². The molecule has 0 aliphatic rings. The van der Waals surface area contributed by atoms with E-state index in [1.807, 2.05) is 0 Å². The van der Waals surface area contributed by atoms with Gasteiger partial charge in [-0.1, -0.05) is 12.0 Å². The van der Waals surface area contributed by atoms with E-state index in [2.05, 4.69) is 16.8 Å². The second-order valence-electron chi connectivity index (χ2n) is 3.44. The van der Waals surface area contributed by atoms with Crippen molar-refractivity contribution in [2.24, 2.45) is 0 Å². The van der Waals surface area contributed by atoms with Crippen molar-refractivity contribution in [3.05, 3.63) is 34.2 Å². The molecule has 0 amide bonds. The average molecular weight is 233 g/mol. The fraction of sp³-hybridized carbons (Fsp3) is 0.385. The Labute approximate surface area is 100 Å². The van der Waals surface area contributed by atoms with Crippen molar-refractivity contribution in [1.29, 1.82) is 0 Å². The predicted molar refractivity (Wildman–Crippen MR) is 64.5 cm³/mol. The standard InChI is InChI=1S/C13H15NO3/c1-3-5-10(8-13(16)17-4-2)11-6-7-12(15)14-9-11/h6-7,9-10H,4,8H2,1-2H3,(H,14,15)/t10-/m0/s1. The van der Waals surface area contributed by atoms with E-state index in [9.17, 15) is 9.59 Å². The van der Waals surface area contributed by atoms with Gasteiger partial charge in [0.2, 0.25) is 5.56 Å². The first-order valence-electron chi connectivity index (χ1n) is 5.44. The maximum Gasteiger partial charge on any atom is 0.307 e. The van der Waals surface area contributed by atoms with E-state index >= 15 is 0 Å². The molecule has 0 aliphatic carbocycles. The lowest BCUT2D eigenvalue weighted by molar-refractivity contribution is -0.143. The summed E-state index contributed by atoms with van der Waals surface area (Å²) < 4.78 is 4.89. The van der Waals surface area contributed by atoms with E-state index in [-0.39, 0.29) is 23.9 Å². The molecule has 0 aromatic carbocycles. The van der Waals surface area contributed by atoms with Crippen molar-refractivity contribution in [3.8, 4) is 11.8 Å². The highest BCUT2D eigenvalue weighted by Crippen LogP contribution is 2.17. The first kappa shape index (κ1) is 13.0. The topological polar surface area (TPSA) is 59.2 Å². The third-order valence-electron chi connectivity index (χ3n) is 2.21. The molecule has 0 saturated carbocycles. The molecule has 17 heavy (non-hydrogen) atoms. The minimum Gasteiger partial charge on any atom is -0.466 e. The van der Waals surface area contributed by atoms with Crippen LogP contribution in [0.15, 0.2) is 23.1 Å². The highest BCUT2D eigenvalue weighted by atomic mass is 16.5. The molecule has 0 unspecified atom stereocenters. The number of aromatic nitrogens is 1. The number of nitrogens with one attached hydrogen (secondary N) is 1. The van der Waals surface area contributed by atoms with Crippen molar-refractivity contribution in [1.82, 2.24) is 4.98 Å². The fourth-order valence-corrected chi connectivity index (χ4v) is 1.45. The predicted octanol–water partition coefficient (Wildman–Crippen LogP) is 1.43. The van der Waals surface area contributed by atoms with Crippen molar-refractivity contribution in [3.63, 3.8) is 0 Å². The van der Waals surface area contributed by atoms with Crippen molar-refractivity contribution >= 4 is 5.97 Å². The summed E-state index contributed by atoms with van der Waals surface area (Å²) in [6, 6.07) is 3.10. The average Bonchev–Trinajstić information content (AvgIpc) is 2.30. The van der Waals surface area contributed by atoms with E-state index in [0.717, 1.165) is 5.56 Å². The van der Waals surface area contributed by atoms with Crippen LogP contribution in [0.4, 0.5) is 0 Å². The molecule has 4 heteroatoms. The monoisotopic (exact) mass is 233 g/mol. The zero-order chi connectivity index (χ0) is 12.7. The van der Waals surface area contributed by atoms with Crippen LogP contribution in [0.2, 0.25) is 0 Å². The Kier molecular flexibility index (Phi) is 5.02. The molecule has 0 fully saturated rings. The Morgan fingerprint density at radius 2 is 2.29 bits per heavy atom. The van der Waals surface area contributed by atoms with Gasteiger partial charge in [-0.3, -0.25) is 9.59 Å². The van der Waals surface area contributed by atoms with Crippen LogP contribution in [-0.4, -0.2) is 17.6 Å². The Balaban J connectivity index is 2.84. The molecule has 90 valence electrons. The van der Waals surface area contributed by atoms with E-state index in [4.69, 9.17) is 4.74 Å². The number of pyridine rings is 1. The van der Waals surface area contributed by atoms with Crippen LogP contribution >= 0.6 is 0 Å². The summed E-state index contributed by atoms with van der Waals surface area (Å²) in [6.45, 7) is 3.83. The quantitative estimate of drug-likeness (QED) is 0.632. The van der Waals surface area contributed by atoms with Crippen molar-refractivity contribution in [2.75, 3.05) is 6.61 Å². The minimum absolute atomic E-state index is 0.173. The van der Waals surface area contributed by atoms with Crippen molar-refractivity contribution < 1.29 is 9.53 Å². The number of ether oxygens (including phenoxy) is 1. The molecule has 0 aliphatic heterocycles. The number of H-pyrrole nitrogens is 1. The third-order valence-corrected chi connectivity index (χ3v) is 2.21. The first-order valence-corrected chi connectivity index (χ1v) is 5.44. The Hall–Kier alpha value is -2.02. The Morgan fingerprint density at radius 3 is 2.82 bits per heavy atom. The number of hydrogen-bond acceptors (Lipinski definition) is 3. The second kappa shape index (κ2) is 6.54. The number of carbonyl (C=O) groups excluding carboxylic acids is 1. The van der Waals surface area contributed by atoms with Gasteiger partial charge in [-0.15, -0.1) is 5.92 Å². The molecule has 0 radical (unpaired) electrons. The molecular formula is C13H15NO3. The van der Waals surface area contributed by atoms with Crippen LogP contribution < -0.4 is 5.56 Å². The van der Waals surface area contributed by atoms with E-state index in [1.165, 1.54) is 6.07 Å². The molecule has 4 nitrogen and oxygen atoms in total. The van der Waals surface area contributed by atoms with Gasteiger partial charge in [0, 0.05) is 12.3 Å². The summed E-state index contributed by atoms with van der Waals surface area (Å²) in [6.07, 6.45) is 1.78. The Morgan fingerprint density at radius 1 is 1.53 bits per heavy atom. The molecule has 0 spiro atoms. The summed E-state index contributed by atoms with van der Waals surface area (Å²) in [5, 5.41) is 0. The number of hydrogen-bond donors (Lipinski definition) is 1. The maximum absolute atomic E-state index is 11.4. The SMILES string of the molecule is CC#C[C@@H](CC(=O)OCC)c1ccc(=O)[nH]c1. The minimum atomic E-state index is -0.286. The van der Waals surface area contributed by atoms with Gasteiger partial charge in [0.1, 0.15) is 0 Å². The normalized spacial score (nSPS) is 11.2. The van der Waals surface area contributed by atoms with Crippen LogP contribution in [0.1, 0.15) is 31.7 Å². The summed E-state index contributed by atoms with van der Waals surface area (Å²) in [7, 11) is 0. The molecular weight excluding hydrogens is 218 g/mol. The first-order chi connectivity index (χ1) is 8.17. The van der Waals surface area contributed by atoms with Gasteiger partial charge >= 0.3 is 5.97 Å². The summed E-state index contributed by atoms with van der Waals surface area (Å²) >= 11 is 0. The summed E-state index contributed by atoms with van der Waals surface area (Å²) in [5.41, 5.74) is 0.639. The molecule has 1 aromatic heterocycles. The smallest absolute Gasteiger partial charge is 0.307 e. The van der Waals surface area contributed by atoms with Gasteiger partial charge in [-0.05, 0) is 19.4 Å². The van der Waals surface area contributed by atoms with Crippen molar-refractivity contribution in [2.45, 2.75) is 26.2 Å². The van der Waals surface area contributed by atoms with Gasteiger partial charge < -0.3 is 9.72 Å². The van der Waals surface area contributed by atoms with E-state index in [1.54, 1.807) is 26.1 Å². The van der Waals surface area contributed by atoms with Crippen LogP contribution in [-0.2, 0) is 9.53 Å². The summed E-state index contributed by atoms with van der Waals surface area (Å²) in [4.78, 5) is 24.9. The lowest BCUT2D eigenvalue weighted by Gasteiger charge is -2.09. The lowest BCUT2D eigenvalue weighted by Crippen LogP contribution is -2.11. The molecule has 1 aromatic rings. The number of aromatic amines is 1. The van der Waals surface area contributed by atoms with E-state index in [0.29, 0.717) is 6.61 Å². The molecule has 1 N–H and O–H groups in total. The fourth-order valence-electron chi connectivity index (χ4n) is 1.45. The zero-order valence-corrected chi connectivity index (χ0v) is 9.95. The van der Waals surface area contributed by atoms with Gasteiger partial charge in [0.25, 0.3) is 0 Å². The maximum atomic E-state index is 11.4. The molecule has 1 heterocycles. The number of rotatable bonds is 4. The largest absolute Gasteiger partial charge is 0.466 e. The number of carbonyl (C=O) groups is 1. The van der Waals surface area contributed by atoms with E-state index < -0.39 is 0 Å². The molecule has 1 atom stereocenters. The lowest BCUT2D eigenvalue weighted by atomic mass is 9.98. The second-order valence-corrected chi connectivity index (χ2v) is 3.44. The van der Waals surface area contributed by atoms with Crippen LogP contribution in [0.25, 0.3) is 0 Å². The molecule has 0 bridgehead atoms. The van der Waals surface area contributed by atoms with Crippen LogP contribution in [0.3, 0.4) is 0 Å². The van der Waals surface area contributed by atoms with Gasteiger partial charge in [0.05, 0.1) is 18.9 Å². The van der Waals surface area contributed by atoms with Crippen LogP contribution in [0, 0.1) is 11.8 Å². The van der Waals surface area contributed by atoms with Gasteiger partial charge in [-0.2, -0.15) is 0 Å². The highest BCUT2D eigenvalue weighted by Gasteiger charge is 2.14. The molecule has 1 rings (SSSR count). The zero-order valence-electron chi connectivity index (χ0n) is 9.95.